The Morgan fingerprint density at radius 1 is 1.26 bits per heavy atom. The van der Waals surface area contributed by atoms with Gasteiger partial charge in [0.25, 0.3) is 0 Å². The minimum absolute atomic E-state index is 0. The molecule has 0 aromatic carbocycles. The smallest absolute Gasteiger partial charge is 0.194 e. The molecule has 1 N–H and O–H groups in total. The van der Waals surface area contributed by atoms with Crippen LogP contribution in [-0.2, 0) is 6.54 Å². The first kappa shape index (κ1) is 22.6. The second-order valence-electron chi connectivity index (χ2n) is 7.09. The Bertz CT molecular complexity index is 591. The molecule has 2 aliphatic heterocycles. The number of aromatic nitrogens is 1. The number of hydrogen-bond donors (Lipinski definition) is 1. The maximum Gasteiger partial charge on any atom is 0.194 e. The van der Waals surface area contributed by atoms with Crippen molar-refractivity contribution in [1.29, 1.82) is 0 Å². The first-order valence-electron chi connectivity index (χ1n) is 10.1. The van der Waals surface area contributed by atoms with Crippen LogP contribution in [0.2, 0.25) is 0 Å². The number of guanidine groups is 1. The number of aliphatic imine (C=N–C) groups is 1. The molecule has 1 unspecified atom stereocenters. The molecule has 0 amide bonds. The molecule has 0 aliphatic carbocycles. The Labute approximate surface area is 185 Å². The van der Waals surface area contributed by atoms with E-state index in [0.717, 1.165) is 49.8 Å². The minimum atomic E-state index is 0. The molecule has 1 atom stereocenters. The summed E-state index contributed by atoms with van der Waals surface area (Å²) in [5.74, 6) is 3.36. The Hall–Kier alpha value is -0.700. The van der Waals surface area contributed by atoms with E-state index in [0.29, 0.717) is 6.54 Å². The first-order valence-corrected chi connectivity index (χ1v) is 11.2. The predicted molar refractivity (Wildman–Crippen MR) is 129 cm³/mol. The molecule has 2 aliphatic rings. The van der Waals surface area contributed by atoms with E-state index in [1.165, 1.54) is 37.0 Å². The zero-order valence-electron chi connectivity index (χ0n) is 16.7. The van der Waals surface area contributed by atoms with Gasteiger partial charge in [-0.1, -0.05) is 6.92 Å². The molecule has 2 saturated heterocycles. The fraction of sp³-hybridized carbons (Fsp3) is 0.700. The Morgan fingerprint density at radius 3 is 2.81 bits per heavy atom. The minimum Gasteiger partial charge on any atom is -0.357 e. The van der Waals surface area contributed by atoms with E-state index in [9.17, 15) is 0 Å². The van der Waals surface area contributed by atoms with Gasteiger partial charge in [-0.15, -0.1) is 24.0 Å². The molecule has 0 saturated carbocycles. The number of thioether (sulfide) groups is 1. The molecule has 0 radical (unpaired) electrons. The van der Waals surface area contributed by atoms with Crippen LogP contribution in [0.4, 0.5) is 5.82 Å². The van der Waals surface area contributed by atoms with Gasteiger partial charge in [0, 0.05) is 49.9 Å². The van der Waals surface area contributed by atoms with Crippen molar-refractivity contribution in [2.24, 2.45) is 4.99 Å². The molecule has 2 fully saturated rings. The number of pyridine rings is 1. The average Bonchev–Trinajstić information content (AvgIpc) is 2.72. The van der Waals surface area contributed by atoms with Crippen LogP contribution in [0.5, 0.6) is 0 Å². The lowest BCUT2D eigenvalue weighted by Crippen LogP contribution is -2.48. The Balaban J connectivity index is 0.00000261. The van der Waals surface area contributed by atoms with Crippen molar-refractivity contribution in [3.05, 3.63) is 23.9 Å². The van der Waals surface area contributed by atoms with Gasteiger partial charge >= 0.3 is 0 Å². The van der Waals surface area contributed by atoms with Gasteiger partial charge in [-0.2, -0.15) is 11.8 Å². The molecule has 27 heavy (non-hydrogen) atoms. The van der Waals surface area contributed by atoms with Gasteiger partial charge in [-0.05, 0) is 50.3 Å². The van der Waals surface area contributed by atoms with Gasteiger partial charge in [0.2, 0.25) is 0 Å². The van der Waals surface area contributed by atoms with Gasteiger partial charge in [-0.25, -0.2) is 9.98 Å². The topological polar surface area (TPSA) is 43.8 Å². The van der Waals surface area contributed by atoms with E-state index in [2.05, 4.69) is 57.8 Å². The standard InChI is InChI=1S/C20H33N5S.HI/c1-3-18-16-25(12-13-26-18)20(21-4-2)23-15-17-8-9-22-19(14-17)24-10-6-5-7-11-24;/h8-9,14,18H,3-7,10-13,15-16H2,1-2H3,(H,21,23);1H. The van der Waals surface area contributed by atoms with Gasteiger partial charge in [0.05, 0.1) is 6.54 Å². The lowest BCUT2D eigenvalue weighted by atomic mass is 10.1. The highest BCUT2D eigenvalue weighted by molar-refractivity contribution is 14.0. The van der Waals surface area contributed by atoms with Gasteiger partial charge in [-0.3, -0.25) is 0 Å². The zero-order chi connectivity index (χ0) is 18.2. The van der Waals surface area contributed by atoms with Crippen LogP contribution in [-0.4, -0.2) is 59.6 Å². The number of hydrogen-bond acceptors (Lipinski definition) is 4. The van der Waals surface area contributed by atoms with Crippen LogP contribution < -0.4 is 10.2 Å². The highest BCUT2D eigenvalue weighted by atomic mass is 127. The molecular weight excluding hydrogens is 469 g/mol. The van der Waals surface area contributed by atoms with Crippen molar-refractivity contribution < 1.29 is 0 Å². The van der Waals surface area contributed by atoms with E-state index in [-0.39, 0.29) is 24.0 Å². The SMILES string of the molecule is CCNC(=NCc1ccnc(N2CCCCC2)c1)N1CCSC(CC)C1.I. The molecule has 0 bridgehead atoms. The fourth-order valence-corrected chi connectivity index (χ4v) is 4.79. The number of rotatable bonds is 5. The van der Waals surface area contributed by atoms with Crippen molar-refractivity contribution in [3.8, 4) is 0 Å². The first-order chi connectivity index (χ1) is 12.8. The maximum atomic E-state index is 4.94. The summed E-state index contributed by atoms with van der Waals surface area (Å²) in [5.41, 5.74) is 1.24. The zero-order valence-corrected chi connectivity index (χ0v) is 19.8. The predicted octanol–water partition coefficient (Wildman–Crippen LogP) is 3.98. The molecule has 0 spiro atoms. The van der Waals surface area contributed by atoms with Crippen LogP contribution >= 0.6 is 35.7 Å². The summed E-state index contributed by atoms with van der Waals surface area (Å²) in [6.45, 7) is 10.5. The summed E-state index contributed by atoms with van der Waals surface area (Å²) in [7, 11) is 0. The third-order valence-corrected chi connectivity index (χ3v) is 6.50. The number of anilines is 1. The van der Waals surface area contributed by atoms with Crippen molar-refractivity contribution in [2.45, 2.75) is 51.3 Å². The van der Waals surface area contributed by atoms with E-state index in [4.69, 9.17) is 4.99 Å². The van der Waals surface area contributed by atoms with Crippen LogP contribution in [0.25, 0.3) is 0 Å². The Kier molecular flexibility index (Phi) is 10.0. The van der Waals surface area contributed by atoms with Gasteiger partial charge in [0.15, 0.2) is 5.96 Å². The highest BCUT2D eigenvalue weighted by Crippen LogP contribution is 2.22. The molecule has 5 nitrogen and oxygen atoms in total. The molecule has 3 rings (SSSR count). The second kappa shape index (κ2) is 12.0. The second-order valence-corrected chi connectivity index (χ2v) is 8.50. The monoisotopic (exact) mass is 503 g/mol. The van der Waals surface area contributed by atoms with Crippen molar-refractivity contribution in [1.82, 2.24) is 15.2 Å². The lowest BCUT2D eigenvalue weighted by Gasteiger charge is -2.34. The van der Waals surface area contributed by atoms with Gasteiger partial charge in [0.1, 0.15) is 5.82 Å². The number of piperidine rings is 1. The number of halogens is 1. The average molecular weight is 503 g/mol. The number of nitrogens with zero attached hydrogens (tertiary/aromatic N) is 4. The van der Waals surface area contributed by atoms with Crippen molar-refractivity contribution in [3.63, 3.8) is 0 Å². The van der Waals surface area contributed by atoms with Crippen LogP contribution in [0, 0.1) is 0 Å². The summed E-state index contributed by atoms with van der Waals surface area (Å²) < 4.78 is 0. The van der Waals surface area contributed by atoms with Crippen LogP contribution in [0.15, 0.2) is 23.3 Å². The molecular formula is C20H34IN5S. The normalized spacial score (nSPS) is 21.0. The molecule has 152 valence electrons. The molecule has 7 heteroatoms. The van der Waals surface area contributed by atoms with E-state index in [1.807, 2.05) is 6.20 Å². The third-order valence-electron chi connectivity index (χ3n) is 5.13. The quantitative estimate of drug-likeness (QED) is 0.374. The van der Waals surface area contributed by atoms with Crippen LogP contribution in [0.3, 0.4) is 0 Å². The highest BCUT2D eigenvalue weighted by Gasteiger charge is 2.21. The van der Waals surface area contributed by atoms with E-state index >= 15 is 0 Å². The number of nitrogens with one attached hydrogen (secondary N) is 1. The molecule has 1 aromatic heterocycles. The largest absolute Gasteiger partial charge is 0.357 e. The van der Waals surface area contributed by atoms with Gasteiger partial charge < -0.3 is 15.1 Å². The lowest BCUT2D eigenvalue weighted by molar-refractivity contribution is 0.408. The molecule has 1 aromatic rings. The van der Waals surface area contributed by atoms with E-state index < -0.39 is 0 Å². The maximum absolute atomic E-state index is 4.94. The summed E-state index contributed by atoms with van der Waals surface area (Å²) in [5, 5.41) is 4.21. The van der Waals surface area contributed by atoms with Crippen LogP contribution in [0.1, 0.15) is 45.1 Å². The summed E-state index contributed by atoms with van der Waals surface area (Å²) in [6, 6.07) is 4.32. The fourth-order valence-electron chi connectivity index (χ4n) is 3.61. The summed E-state index contributed by atoms with van der Waals surface area (Å²) in [6.07, 6.45) is 7.07. The Morgan fingerprint density at radius 2 is 2.07 bits per heavy atom. The van der Waals surface area contributed by atoms with Crippen molar-refractivity contribution in [2.75, 3.05) is 43.4 Å². The molecule has 3 heterocycles. The van der Waals surface area contributed by atoms with Crippen molar-refractivity contribution >= 4 is 47.5 Å². The summed E-state index contributed by atoms with van der Waals surface area (Å²) >= 11 is 2.10. The van der Waals surface area contributed by atoms with E-state index in [1.54, 1.807) is 0 Å². The third kappa shape index (κ3) is 6.69. The summed E-state index contributed by atoms with van der Waals surface area (Å²) in [4.78, 5) is 14.4.